The lowest BCUT2D eigenvalue weighted by molar-refractivity contribution is -0.155. The molecule has 0 bridgehead atoms. The molecule has 2 aromatic carbocycles. The van der Waals surface area contributed by atoms with E-state index in [1.165, 1.54) is 0 Å². The molecule has 1 fully saturated rings. The average molecular weight is 565 g/mol. The molecule has 0 radical (unpaired) electrons. The Hall–Kier alpha value is -3.88. The van der Waals surface area contributed by atoms with Crippen molar-refractivity contribution in [2.75, 3.05) is 23.7 Å². The standard InChI is InChI=1S/C32H44N4O5/c1-5-6-7-11-26(21-30(38)39)35-17-18-36(28(31(35)40)19-22(2)3)29(37)20-24-13-15-25(16-14-24)33-32(41)34-27-12-9-8-10-23(27)4/h8-10,12-16,22,26,28H,5-7,11,17-21H2,1-4H3,(H,38,39)(H2,33,34,41)/t26?,28-/m0/s1. The predicted molar refractivity (Wildman–Crippen MR) is 161 cm³/mol. The van der Waals surface area contributed by atoms with Crippen molar-refractivity contribution in [3.63, 3.8) is 0 Å². The third kappa shape index (κ3) is 9.33. The van der Waals surface area contributed by atoms with Crippen molar-refractivity contribution in [1.82, 2.24) is 9.80 Å². The summed E-state index contributed by atoms with van der Waals surface area (Å²) in [7, 11) is 0. The van der Waals surface area contributed by atoms with E-state index in [-0.39, 0.29) is 42.6 Å². The quantitative estimate of drug-likeness (QED) is 0.270. The first kappa shape index (κ1) is 31.6. The van der Waals surface area contributed by atoms with Crippen LogP contribution in [0.4, 0.5) is 16.2 Å². The van der Waals surface area contributed by atoms with Crippen LogP contribution in [0.3, 0.4) is 0 Å². The number of hydrogen-bond acceptors (Lipinski definition) is 4. The van der Waals surface area contributed by atoms with Gasteiger partial charge in [0, 0.05) is 30.5 Å². The molecule has 1 aliphatic heterocycles. The summed E-state index contributed by atoms with van der Waals surface area (Å²) in [6, 6.07) is 13.3. The zero-order valence-electron chi connectivity index (χ0n) is 24.7. The van der Waals surface area contributed by atoms with Gasteiger partial charge in [-0.15, -0.1) is 0 Å². The van der Waals surface area contributed by atoms with E-state index in [4.69, 9.17) is 0 Å². The maximum Gasteiger partial charge on any atom is 0.323 e. The van der Waals surface area contributed by atoms with Crippen molar-refractivity contribution in [1.29, 1.82) is 0 Å². The molecule has 1 aliphatic rings. The zero-order chi connectivity index (χ0) is 29.9. The number of nitrogens with zero attached hydrogens (tertiary/aromatic N) is 2. The number of rotatable bonds is 13. The van der Waals surface area contributed by atoms with Gasteiger partial charge >= 0.3 is 12.0 Å². The summed E-state index contributed by atoms with van der Waals surface area (Å²) in [6.07, 6.45) is 4.10. The Morgan fingerprint density at radius 2 is 1.71 bits per heavy atom. The van der Waals surface area contributed by atoms with E-state index >= 15 is 0 Å². The number of benzene rings is 2. The fourth-order valence-corrected chi connectivity index (χ4v) is 5.32. The number of carbonyl (C=O) groups is 4. The lowest BCUT2D eigenvalue weighted by Crippen LogP contribution is -2.61. The van der Waals surface area contributed by atoms with Gasteiger partial charge in [-0.2, -0.15) is 0 Å². The van der Waals surface area contributed by atoms with Gasteiger partial charge in [0.05, 0.1) is 12.8 Å². The van der Waals surface area contributed by atoms with Crippen LogP contribution in [-0.4, -0.2) is 63.9 Å². The predicted octanol–water partition coefficient (Wildman–Crippen LogP) is 5.69. The number of anilines is 2. The molecule has 4 amide bonds. The number of carboxylic acid groups (broad SMARTS) is 1. The molecule has 0 spiro atoms. The molecule has 41 heavy (non-hydrogen) atoms. The number of urea groups is 1. The second-order valence-electron chi connectivity index (χ2n) is 11.3. The molecule has 3 rings (SSSR count). The van der Waals surface area contributed by atoms with Gasteiger partial charge in [0.1, 0.15) is 6.04 Å². The minimum absolute atomic E-state index is 0.0822. The lowest BCUT2D eigenvalue weighted by Gasteiger charge is -2.44. The number of carboxylic acids is 1. The maximum atomic E-state index is 13.7. The average Bonchev–Trinajstić information content (AvgIpc) is 2.91. The molecular weight excluding hydrogens is 520 g/mol. The number of unbranched alkanes of at least 4 members (excludes halogenated alkanes) is 2. The van der Waals surface area contributed by atoms with Crippen LogP contribution in [0.1, 0.15) is 70.4 Å². The number of carbonyl (C=O) groups excluding carboxylic acids is 3. The van der Waals surface area contributed by atoms with Gasteiger partial charge in [-0.25, -0.2) is 4.79 Å². The molecule has 0 aliphatic carbocycles. The normalized spacial score (nSPS) is 16.0. The SMILES string of the molecule is CCCCCC(CC(=O)O)N1CCN(C(=O)Cc2ccc(NC(=O)Nc3ccccc3C)cc2)[C@@H](CC(C)C)C1=O. The van der Waals surface area contributed by atoms with E-state index < -0.39 is 12.0 Å². The van der Waals surface area contributed by atoms with Crippen LogP contribution in [0.5, 0.6) is 0 Å². The fourth-order valence-electron chi connectivity index (χ4n) is 5.32. The van der Waals surface area contributed by atoms with Gasteiger partial charge < -0.3 is 25.5 Å². The van der Waals surface area contributed by atoms with Crippen molar-refractivity contribution < 1.29 is 24.3 Å². The summed E-state index contributed by atoms with van der Waals surface area (Å²) in [5.74, 6) is -1.01. The minimum Gasteiger partial charge on any atom is -0.481 e. The van der Waals surface area contributed by atoms with Crippen molar-refractivity contribution in [3.05, 3.63) is 59.7 Å². The number of amides is 4. The second kappa shape index (κ2) is 15.2. The van der Waals surface area contributed by atoms with E-state index in [9.17, 15) is 24.3 Å². The van der Waals surface area contributed by atoms with Gasteiger partial charge in [0.2, 0.25) is 11.8 Å². The topological polar surface area (TPSA) is 119 Å². The maximum absolute atomic E-state index is 13.7. The fraction of sp³-hybridized carbons (Fsp3) is 0.500. The number of nitrogens with one attached hydrogen (secondary N) is 2. The molecule has 1 unspecified atom stereocenters. The van der Waals surface area contributed by atoms with Crippen LogP contribution in [0.15, 0.2) is 48.5 Å². The monoisotopic (exact) mass is 564 g/mol. The van der Waals surface area contributed by atoms with Gasteiger partial charge in [-0.1, -0.05) is 70.4 Å². The third-order valence-corrected chi connectivity index (χ3v) is 7.49. The van der Waals surface area contributed by atoms with Crippen LogP contribution in [0.2, 0.25) is 0 Å². The second-order valence-corrected chi connectivity index (χ2v) is 11.3. The summed E-state index contributed by atoms with van der Waals surface area (Å²) in [5, 5.41) is 15.1. The van der Waals surface area contributed by atoms with Gasteiger partial charge in [0.15, 0.2) is 0 Å². The summed E-state index contributed by atoms with van der Waals surface area (Å²) >= 11 is 0. The summed E-state index contributed by atoms with van der Waals surface area (Å²) < 4.78 is 0. The van der Waals surface area contributed by atoms with Crippen LogP contribution >= 0.6 is 0 Å². The van der Waals surface area contributed by atoms with Crippen molar-refractivity contribution >= 4 is 35.2 Å². The largest absolute Gasteiger partial charge is 0.481 e. The Bertz CT molecular complexity index is 1200. The molecule has 0 saturated carbocycles. The summed E-state index contributed by atoms with van der Waals surface area (Å²) in [4.78, 5) is 54.5. The minimum atomic E-state index is -0.913. The first-order chi connectivity index (χ1) is 19.6. The molecular formula is C32H44N4O5. The van der Waals surface area contributed by atoms with Crippen LogP contribution in [-0.2, 0) is 20.8 Å². The molecule has 222 valence electrons. The molecule has 0 aromatic heterocycles. The number of aliphatic carboxylic acids is 1. The van der Waals surface area contributed by atoms with E-state index in [0.717, 1.165) is 36.1 Å². The molecule has 2 aromatic rings. The first-order valence-corrected chi connectivity index (χ1v) is 14.6. The van der Waals surface area contributed by atoms with Gasteiger partial charge in [0.25, 0.3) is 0 Å². The molecule has 9 nitrogen and oxygen atoms in total. The molecule has 2 atom stereocenters. The van der Waals surface area contributed by atoms with Gasteiger partial charge in [-0.3, -0.25) is 14.4 Å². The Morgan fingerprint density at radius 1 is 1.00 bits per heavy atom. The van der Waals surface area contributed by atoms with Crippen LogP contribution in [0, 0.1) is 12.8 Å². The zero-order valence-corrected chi connectivity index (χ0v) is 24.7. The Kier molecular flexibility index (Phi) is 11.7. The number of aryl methyl sites for hydroxylation is 1. The Balaban J connectivity index is 1.65. The lowest BCUT2D eigenvalue weighted by atomic mass is 9.95. The third-order valence-electron chi connectivity index (χ3n) is 7.49. The van der Waals surface area contributed by atoms with E-state index in [0.29, 0.717) is 31.6 Å². The number of para-hydroxylation sites is 1. The van der Waals surface area contributed by atoms with E-state index in [2.05, 4.69) is 17.6 Å². The van der Waals surface area contributed by atoms with Gasteiger partial charge in [-0.05, 0) is 55.0 Å². The Labute approximate surface area is 243 Å². The Morgan fingerprint density at radius 3 is 2.34 bits per heavy atom. The summed E-state index contributed by atoms with van der Waals surface area (Å²) in [6.45, 7) is 8.76. The number of piperazine rings is 1. The van der Waals surface area contributed by atoms with E-state index in [1.54, 1.807) is 34.1 Å². The molecule has 9 heteroatoms. The molecule has 3 N–H and O–H groups in total. The van der Waals surface area contributed by atoms with E-state index in [1.807, 2.05) is 45.0 Å². The molecule has 1 heterocycles. The highest BCUT2D eigenvalue weighted by atomic mass is 16.4. The smallest absolute Gasteiger partial charge is 0.323 e. The van der Waals surface area contributed by atoms with Crippen molar-refractivity contribution in [2.24, 2.45) is 5.92 Å². The molecule has 1 saturated heterocycles. The summed E-state index contributed by atoms with van der Waals surface area (Å²) in [5.41, 5.74) is 3.07. The van der Waals surface area contributed by atoms with Crippen LogP contribution < -0.4 is 10.6 Å². The van der Waals surface area contributed by atoms with Crippen molar-refractivity contribution in [3.8, 4) is 0 Å². The number of hydrogen-bond donors (Lipinski definition) is 3. The highest BCUT2D eigenvalue weighted by molar-refractivity contribution is 6.00. The first-order valence-electron chi connectivity index (χ1n) is 14.6. The van der Waals surface area contributed by atoms with Crippen LogP contribution in [0.25, 0.3) is 0 Å². The van der Waals surface area contributed by atoms with Crippen molar-refractivity contribution in [2.45, 2.75) is 84.7 Å². The highest BCUT2D eigenvalue weighted by Gasteiger charge is 2.40. The highest BCUT2D eigenvalue weighted by Crippen LogP contribution is 2.25.